The van der Waals surface area contributed by atoms with E-state index in [1.54, 1.807) is 13.1 Å². The van der Waals surface area contributed by atoms with Crippen molar-refractivity contribution in [1.82, 2.24) is 10.5 Å². The van der Waals surface area contributed by atoms with Crippen molar-refractivity contribution in [3.63, 3.8) is 0 Å². The number of amidine groups is 2. The number of amides is 1. The molecule has 3 atom stereocenters. The van der Waals surface area contributed by atoms with Crippen molar-refractivity contribution in [3.8, 4) is 11.5 Å². The van der Waals surface area contributed by atoms with Gasteiger partial charge in [0.2, 0.25) is 5.91 Å². The van der Waals surface area contributed by atoms with Gasteiger partial charge in [-0.15, -0.1) is 0 Å². The van der Waals surface area contributed by atoms with Crippen LogP contribution in [0.2, 0.25) is 0 Å². The van der Waals surface area contributed by atoms with E-state index in [9.17, 15) is 9.90 Å². The Bertz CT molecular complexity index is 2000. The van der Waals surface area contributed by atoms with Crippen LogP contribution in [0.25, 0.3) is 10.9 Å². The lowest BCUT2D eigenvalue weighted by Crippen LogP contribution is -2.40. The van der Waals surface area contributed by atoms with E-state index in [0.717, 1.165) is 46.4 Å². The van der Waals surface area contributed by atoms with E-state index >= 15 is 8.78 Å². The number of ether oxygens (including phenoxy) is 1. The maximum absolute atomic E-state index is 15.7. The summed E-state index contributed by atoms with van der Waals surface area (Å²) in [6.07, 6.45) is 4.00. The van der Waals surface area contributed by atoms with Crippen LogP contribution < -0.4 is 16.0 Å². The summed E-state index contributed by atoms with van der Waals surface area (Å²) in [5, 5.41) is 19.4. The Balaban J connectivity index is 1.51. The number of hydrogen-bond donors (Lipinski definition) is 5. The molecule has 0 aliphatic carbocycles. The molecular formula is C41H51F2N5O5S. The summed E-state index contributed by atoms with van der Waals surface area (Å²) >= 11 is 1.82. The summed E-state index contributed by atoms with van der Waals surface area (Å²) in [4.78, 5) is 30.0. The van der Waals surface area contributed by atoms with Crippen LogP contribution in [0.3, 0.4) is 0 Å². The molecule has 10 nitrogen and oxygen atoms in total. The first-order valence-electron chi connectivity index (χ1n) is 18.2. The molecule has 290 valence electrons. The van der Waals surface area contributed by atoms with Gasteiger partial charge in [-0.05, 0) is 84.9 Å². The minimum absolute atomic E-state index is 0.0237. The van der Waals surface area contributed by atoms with E-state index in [1.807, 2.05) is 49.0 Å². The third kappa shape index (κ3) is 9.86. The predicted octanol–water partition coefficient (Wildman–Crippen LogP) is 7.00. The number of aliphatic hydroxyl groups is 2. The normalized spacial score (nSPS) is 20.2. The van der Waals surface area contributed by atoms with Crippen LogP contribution in [-0.4, -0.2) is 70.6 Å². The number of nitrogens with zero attached hydrogens (tertiary/aromatic N) is 2. The number of aliphatic hydroxyl groups excluding tert-OH is 2. The SMILES string of the molecule is CN=C1N=C(N)C(C)(c2cccc(CC(C)C(=O)NOCC(O)CO)c2)CCCC(C)(C)CSCCc2c(c(F)cc3[nH]ccc23)Oc2ccc(F)c1c2. The van der Waals surface area contributed by atoms with E-state index in [-0.39, 0.29) is 46.7 Å². The maximum atomic E-state index is 15.7. The number of aliphatic imine (C=N–C) groups is 2. The van der Waals surface area contributed by atoms with E-state index < -0.39 is 35.7 Å². The molecule has 0 spiro atoms. The van der Waals surface area contributed by atoms with Gasteiger partial charge in [-0.3, -0.25) is 14.6 Å². The highest BCUT2D eigenvalue weighted by Gasteiger charge is 2.33. The second kappa shape index (κ2) is 17.9. The van der Waals surface area contributed by atoms with Gasteiger partial charge in [0.15, 0.2) is 17.4 Å². The zero-order valence-corrected chi connectivity index (χ0v) is 32.4. The quantitative estimate of drug-likeness (QED) is 0.121. The molecule has 0 fully saturated rings. The number of halogens is 2. The lowest BCUT2D eigenvalue weighted by atomic mass is 9.74. The molecule has 6 N–H and O–H groups in total. The van der Waals surface area contributed by atoms with Crippen LogP contribution in [0, 0.1) is 23.0 Å². The number of aryl methyl sites for hydroxylation is 1. The third-order valence-corrected chi connectivity index (χ3v) is 11.5. The molecule has 0 saturated heterocycles. The number of benzene rings is 3. The lowest BCUT2D eigenvalue weighted by Gasteiger charge is -2.32. The molecule has 4 aromatic rings. The molecule has 1 aromatic heterocycles. The van der Waals surface area contributed by atoms with Crippen molar-refractivity contribution >= 4 is 40.2 Å². The van der Waals surface area contributed by atoms with E-state index in [4.69, 9.17) is 25.4 Å². The maximum Gasteiger partial charge on any atom is 0.246 e. The van der Waals surface area contributed by atoms with E-state index in [0.29, 0.717) is 24.8 Å². The van der Waals surface area contributed by atoms with Crippen molar-refractivity contribution in [2.24, 2.45) is 27.1 Å². The Morgan fingerprint density at radius 2 is 1.94 bits per heavy atom. The van der Waals surface area contributed by atoms with E-state index in [1.165, 1.54) is 31.3 Å². The number of nitrogens with one attached hydrogen (secondary N) is 2. The number of hydrogen-bond acceptors (Lipinski definition) is 8. The Hall–Kier alpha value is -4.30. The topological polar surface area (TPSA) is 155 Å². The molecule has 1 aliphatic rings. The number of hydroxylamine groups is 1. The minimum atomic E-state index is -1.09. The van der Waals surface area contributed by atoms with Gasteiger partial charge < -0.3 is 25.7 Å². The third-order valence-electron chi connectivity index (χ3n) is 10.0. The Morgan fingerprint density at radius 1 is 1.15 bits per heavy atom. The number of carbonyl (C=O) groups excluding carboxylic acids is 1. The molecule has 54 heavy (non-hydrogen) atoms. The molecule has 3 aromatic carbocycles. The van der Waals surface area contributed by atoms with Crippen molar-refractivity contribution in [1.29, 1.82) is 0 Å². The van der Waals surface area contributed by atoms with Crippen LogP contribution >= 0.6 is 11.8 Å². The summed E-state index contributed by atoms with van der Waals surface area (Å²) in [6, 6.07) is 15.4. The summed E-state index contributed by atoms with van der Waals surface area (Å²) in [5.41, 5.74) is 11.7. The molecule has 1 aliphatic heterocycles. The molecule has 2 bridgehead atoms. The van der Waals surface area contributed by atoms with Crippen molar-refractivity contribution in [2.75, 3.05) is 31.8 Å². The summed E-state index contributed by atoms with van der Waals surface area (Å²) in [6.45, 7) is 7.57. The second-order valence-corrected chi connectivity index (χ2v) is 16.1. The van der Waals surface area contributed by atoms with Gasteiger partial charge in [0.25, 0.3) is 0 Å². The Labute approximate surface area is 319 Å². The number of thioether (sulfide) groups is 1. The molecule has 2 heterocycles. The first-order valence-corrected chi connectivity index (χ1v) is 19.4. The zero-order chi connectivity index (χ0) is 39.0. The number of nitrogens with two attached hydrogens (primary N) is 1. The fourth-order valence-electron chi connectivity index (χ4n) is 6.69. The van der Waals surface area contributed by atoms with Crippen LogP contribution in [0.15, 0.2) is 70.8 Å². The molecule has 13 heteroatoms. The number of H-pyrrole nitrogens is 1. The van der Waals surface area contributed by atoms with Crippen LogP contribution in [-0.2, 0) is 27.9 Å². The van der Waals surface area contributed by atoms with Crippen molar-refractivity contribution in [3.05, 3.63) is 94.7 Å². The number of fused-ring (bicyclic) bond motifs is 5. The van der Waals surface area contributed by atoms with Crippen LogP contribution in [0.1, 0.15) is 69.2 Å². The monoisotopic (exact) mass is 763 g/mol. The highest BCUT2D eigenvalue weighted by atomic mass is 32.2. The van der Waals surface area contributed by atoms with Crippen LogP contribution in [0.5, 0.6) is 11.5 Å². The highest BCUT2D eigenvalue weighted by Crippen LogP contribution is 2.38. The zero-order valence-electron chi connectivity index (χ0n) is 31.5. The van der Waals surface area contributed by atoms with Gasteiger partial charge in [-0.1, -0.05) is 51.5 Å². The van der Waals surface area contributed by atoms with Gasteiger partial charge in [0, 0.05) is 47.1 Å². The number of aromatic amines is 1. The molecule has 1 amide bonds. The summed E-state index contributed by atoms with van der Waals surface area (Å²) < 4.78 is 37.5. The highest BCUT2D eigenvalue weighted by molar-refractivity contribution is 7.99. The average Bonchev–Trinajstić information content (AvgIpc) is 3.61. The van der Waals surface area contributed by atoms with Crippen LogP contribution in [0.4, 0.5) is 8.78 Å². The fraction of sp³-hybridized carbons (Fsp3) is 0.439. The Morgan fingerprint density at radius 3 is 2.70 bits per heavy atom. The minimum Gasteiger partial charge on any atom is -0.454 e. The molecule has 3 unspecified atom stereocenters. The van der Waals surface area contributed by atoms with Crippen molar-refractivity contribution < 1.29 is 33.4 Å². The average molecular weight is 764 g/mol. The van der Waals surface area contributed by atoms with Gasteiger partial charge in [0.05, 0.1) is 12.2 Å². The molecular weight excluding hydrogens is 713 g/mol. The number of aromatic nitrogens is 1. The molecule has 0 saturated carbocycles. The Kier molecular flexibility index (Phi) is 13.5. The second-order valence-electron chi connectivity index (χ2n) is 15.0. The van der Waals surface area contributed by atoms with Gasteiger partial charge in [-0.25, -0.2) is 19.3 Å². The van der Waals surface area contributed by atoms with E-state index in [2.05, 4.69) is 29.3 Å². The largest absolute Gasteiger partial charge is 0.454 e. The smallest absolute Gasteiger partial charge is 0.246 e. The summed E-state index contributed by atoms with van der Waals surface area (Å²) in [5.74, 6) is 0.344. The molecule has 5 rings (SSSR count). The van der Waals surface area contributed by atoms with Crippen molar-refractivity contribution in [2.45, 2.75) is 71.3 Å². The summed E-state index contributed by atoms with van der Waals surface area (Å²) in [7, 11) is 1.52. The van der Waals surface area contributed by atoms with Gasteiger partial charge in [0.1, 0.15) is 30.1 Å². The fourth-order valence-corrected chi connectivity index (χ4v) is 7.88. The first-order chi connectivity index (χ1) is 25.7. The lowest BCUT2D eigenvalue weighted by molar-refractivity contribution is -0.140. The first kappa shape index (κ1) is 40.9. The standard InChI is InChI=1S/C41H51F2N5O5S/c1-25(38(51)48-52-23-28(50)22-49)18-26-8-6-9-27(19-26)41(4)15-7-14-40(2,3)24-54-17-13-31-30-12-16-46-35(30)21-34(43)36(31)53-29-10-11-33(42)32(20-29)37(45-5)47-39(41)44/h6,8-12,16,19-21,25,28,46,49-50H,7,13-15,17-18,22-24H2,1-5H3,(H,48,51)(H2,44,45,47). The predicted molar refractivity (Wildman–Crippen MR) is 211 cm³/mol. The van der Waals surface area contributed by atoms with Gasteiger partial charge in [-0.2, -0.15) is 11.8 Å². The van der Waals surface area contributed by atoms with Gasteiger partial charge >= 0.3 is 0 Å². The number of carbonyl (C=O) groups is 1. The number of rotatable bonds is 8. The molecule has 0 radical (unpaired) electrons.